The van der Waals surface area contributed by atoms with Crippen LogP contribution in [0.4, 0.5) is 5.82 Å². The number of aromatic nitrogens is 6. The Labute approximate surface area is 179 Å². The number of carbonyl (C=O) groups excluding carboxylic acids is 1. The fourth-order valence-electron chi connectivity index (χ4n) is 4.13. The summed E-state index contributed by atoms with van der Waals surface area (Å²) in [5.41, 5.74) is 3.06. The van der Waals surface area contributed by atoms with Gasteiger partial charge in [0.05, 0.1) is 17.4 Å². The molecular formula is C22H24N8O. The minimum absolute atomic E-state index is 0.0434. The number of imidazole rings is 2. The van der Waals surface area contributed by atoms with Gasteiger partial charge in [-0.05, 0) is 36.6 Å². The van der Waals surface area contributed by atoms with Crippen molar-refractivity contribution >= 4 is 22.8 Å². The lowest BCUT2D eigenvalue weighted by Gasteiger charge is -2.25. The van der Waals surface area contributed by atoms with E-state index in [1.165, 1.54) is 0 Å². The van der Waals surface area contributed by atoms with E-state index in [1.54, 1.807) is 29.6 Å². The molecule has 0 radical (unpaired) electrons. The van der Waals surface area contributed by atoms with Crippen molar-refractivity contribution in [3.8, 4) is 5.95 Å². The largest absolute Gasteiger partial charge is 0.353 e. The first kappa shape index (κ1) is 19.2. The van der Waals surface area contributed by atoms with Gasteiger partial charge < -0.3 is 14.8 Å². The minimum atomic E-state index is 0.0434. The molecule has 4 aromatic rings. The van der Waals surface area contributed by atoms with Crippen molar-refractivity contribution in [2.24, 2.45) is 7.05 Å². The van der Waals surface area contributed by atoms with Gasteiger partial charge in [-0.15, -0.1) is 0 Å². The normalized spacial score (nSPS) is 16.2. The number of nitrogens with zero attached hydrogens (tertiary/aromatic N) is 7. The number of benzene rings is 1. The number of fused-ring (bicyclic) bond motifs is 1. The lowest BCUT2D eigenvalue weighted by atomic mass is 10.1. The maximum atomic E-state index is 12.7. The number of aryl methyl sites for hydroxylation is 1. The monoisotopic (exact) mass is 416 g/mol. The minimum Gasteiger partial charge on any atom is -0.353 e. The van der Waals surface area contributed by atoms with E-state index < -0.39 is 0 Å². The second-order valence-electron chi connectivity index (χ2n) is 7.83. The third-order valence-corrected chi connectivity index (χ3v) is 5.74. The van der Waals surface area contributed by atoms with Crippen molar-refractivity contribution in [1.29, 1.82) is 0 Å². The van der Waals surface area contributed by atoms with Gasteiger partial charge in [0, 0.05) is 51.2 Å². The van der Waals surface area contributed by atoms with Crippen LogP contribution in [-0.2, 0) is 18.4 Å². The summed E-state index contributed by atoms with van der Waals surface area (Å²) in [6.45, 7) is 1.38. The molecule has 0 saturated carbocycles. The first-order valence-electron chi connectivity index (χ1n) is 10.4. The molecule has 1 aliphatic rings. The molecule has 0 aliphatic carbocycles. The topological polar surface area (TPSA) is 93.8 Å². The third kappa shape index (κ3) is 3.98. The lowest BCUT2D eigenvalue weighted by Crippen LogP contribution is -2.35. The van der Waals surface area contributed by atoms with E-state index in [0.29, 0.717) is 18.9 Å². The van der Waals surface area contributed by atoms with Crippen molar-refractivity contribution in [2.45, 2.75) is 31.8 Å². The molecule has 1 N–H and O–H groups in total. The molecule has 1 unspecified atom stereocenters. The van der Waals surface area contributed by atoms with Gasteiger partial charge in [0.1, 0.15) is 12.1 Å². The summed E-state index contributed by atoms with van der Waals surface area (Å²) >= 11 is 0. The Bertz CT molecular complexity index is 1200. The summed E-state index contributed by atoms with van der Waals surface area (Å²) in [6.07, 6.45) is 11.2. The molecule has 1 aliphatic heterocycles. The number of hydrogen-bond acceptors (Lipinski definition) is 6. The molecule has 4 heterocycles. The molecule has 9 heteroatoms. The summed E-state index contributed by atoms with van der Waals surface area (Å²) in [7, 11) is 1.97. The SMILES string of the molecule is Cn1cnc2cc(CNC(=O)CC3CCCN3c3ccnc(-n4ccnc4)n3)ccc21. The predicted molar refractivity (Wildman–Crippen MR) is 117 cm³/mol. The van der Waals surface area contributed by atoms with Crippen LogP contribution in [0, 0.1) is 0 Å². The van der Waals surface area contributed by atoms with Crippen LogP contribution in [0.25, 0.3) is 17.0 Å². The zero-order valence-electron chi connectivity index (χ0n) is 17.3. The van der Waals surface area contributed by atoms with E-state index in [9.17, 15) is 4.79 Å². The average molecular weight is 416 g/mol. The van der Waals surface area contributed by atoms with Gasteiger partial charge in [-0.2, -0.15) is 4.98 Å². The van der Waals surface area contributed by atoms with E-state index in [4.69, 9.17) is 0 Å². The molecule has 158 valence electrons. The number of nitrogens with one attached hydrogen (secondary N) is 1. The second kappa shape index (κ2) is 8.17. The van der Waals surface area contributed by atoms with Crippen molar-refractivity contribution in [1.82, 2.24) is 34.4 Å². The van der Waals surface area contributed by atoms with E-state index in [2.05, 4.69) is 30.2 Å². The summed E-state index contributed by atoms with van der Waals surface area (Å²) in [6, 6.07) is 8.12. The molecule has 5 rings (SSSR count). The van der Waals surface area contributed by atoms with Crippen molar-refractivity contribution < 1.29 is 4.79 Å². The number of rotatable bonds is 6. The van der Waals surface area contributed by atoms with Crippen LogP contribution >= 0.6 is 0 Å². The Morgan fingerprint density at radius 2 is 2.13 bits per heavy atom. The van der Waals surface area contributed by atoms with E-state index >= 15 is 0 Å². The molecule has 0 spiro atoms. The van der Waals surface area contributed by atoms with E-state index in [1.807, 2.05) is 42.1 Å². The van der Waals surface area contributed by atoms with Crippen LogP contribution in [0.5, 0.6) is 0 Å². The van der Waals surface area contributed by atoms with Gasteiger partial charge in [-0.1, -0.05) is 6.07 Å². The second-order valence-corrected chi connectivity index (χ2v) is 7.83. The third-order valence-electron chi connectivity index (χ3n) is 5.74. The van der Waals surface area contributed by atoms with Gasteiger partial charge in [-0.3, -0.25) is 9.36 Å². The molecule has 1 aromatic carbocycles. The Balaban J connectivity index is 1.23. The van der Waals surface area contributed by atoms with Gasteiger partial charge in [0.25, 0.3) is 0 Å². The summed E-state index contributed by atoms with van der Waals surface area (Å²) in [4.78, 5) is 32.3. The Kier molecular flexibility index (Phi) is 5.07. The highest BCUT2D eigenvalue weighted by Crippen LogP contribution is 2.26. The predicted octanol–water partition coefficient (Wildman–Crippen LogP) is 2.22. The highest BCUT2D eigenvalue weighted by molar-refractivity contribution is 5.78. The smallest absolute Gasteiger partial charge is 0.236 e. The van der Waals surface area contributed by atoms with Crippen molar-refractivity contribution in [3.05, 3.63) is 61.1 Å². The highest BCUT2D eigenvalue weighted by atomic mass is 16.1. The molecule has 3 aromatic heterocycles. The summed E-state index contributed by atoms with van der Waals surface area (Å²) < 4.78 is 3.76. The number of anilines is 1. The maximum Gasteiger partial charge on any atom is 0.236 e. The quantitative estimate of drug-likeness (QED) is 0.518. The maximum absolute atomic E-state index is 12.7. The van der Waals surface area contributed by atoms with Crippen LogP contribution in [0.3, 0.4) is 0 Å². The van der Waals surface area contributed by atoms with Gasteiger partial charge >= 0.3 is 0 Å². The first-order valence-corrected chi connectivity index (χ1v) is 10.4. The summed E-state index contributed by atoms with van der Waals surface area (Å²) in [5, 5.41) is 3.06. The summed E-state index contributed by atoms with van der Waals surface area (Å²) in [5.74, 6) is 1.46. The first-order chi connectivity index (χ1) is 15.2. The molecule has 1 fully saturated rings. The van der Waals surface area contributed by atoms with Crippen LogP contribution in [0.15, 0.2) is 55.5 Å². The van der Waals surface area contributed by atoms with Gasteiger partial charge in [-0.25, -0.2) is 15.0 Å². The lowest BCUT2D eigenvalue weighted by molar-refractivity contribution is -0.121. The Morgan fingerprint density at radius 3 is 3.00 bits per heavy atom. The van der Waals surface area contributed by atoms with Crippen LogP contribution in [0.1, 0.15) is 24.8 Å². The fourth-order valence-corrected chi connectivity index (χ4v) is 4.13. The zero-order valence-corrected chi connectivity index (χ0v) is 17.3. The van der Waals surface area contributed by atoms with Crippen LogP contribution in [-0.4, -0.2) is 47.6 Å². The van der Waals surface area contributed by atoms with Crippen molar-refractivity contribution in [2.75, 3.05) is 11.4 Å². The van der Waals surface area contributed by atoms with Crippen molar-refractivity contribution in [3.63, 3.8) is 0 Å². The van der Waals surface area contributed by atoms with E-state index in [-0.39, 0.29) is 11.9 Å². The van der Waals surface area contributed by atoms with E-state index in [0.717, 1.165) is 41.8 Å². The average Bonchev–Trinajstić information content (AvgIpc) is 3.54. The number of hydrogen-bond donors (Lipinski definition) is 1. The zero-order chi connectivity index (χ0) is 21.2. The molecule has 1 atom stereocenters. The van der Waals surface area contributed by atoms with Gasteiger partial charge in [0.15, 0.2) is 0 Å². The Morgan fingerprint density at radius 1 is 1.19 bits per heavy atom. The molecular weight excluding hydrogens is 392 g/mol. The Hall–Kier alpha value is -3.75. The molecule has 1 saturated heterocycles. The van der Waals surface area contributed by atoms with Crippen LogP contribution in [0.2, 0.25) is 0 Å². The molecule has 31 heavy (non-hydrogen) atoms. The van der Waals surface area contributed by atoms with Crippen LogP contribution < -0.4 is 10.2 Å². The highest BCUT2D eigenvalue weighted by Gasteiger charge is 2.28. The standard InChI is InChI=1S/C22H24N8O/c1-28-15-26-18-11-16(4-5-19(18)28)13-25-21(31)12-17-3-2-9-30(17)20-6-7-24-22(27-20)29-10-8-23-14-29/h4-8,10-11,14-15,17H,2-3,9,12-13H2,1H3,(H,25,31). The van der Waals surface area contributed by atoms with Gasteiger partial charge in [0.2, 0.25) is 11.9 Å². The molecule has 9 nitrogen and oxygen atoms in total. The molecule has 1 amide bonds. The number of carbonyl (C=O) groups is 1. The number of amides is 1. The molecule has 0 bridgehead atoms. The fraction of sp³-hybridized carbons (Fsp3) is 0.318.